The number of methoxy groups -OCH3 is 1. The molecular formula is C34H35N4O6+. The molecule has 2 N–H and O–H groups in total. The first-order valence-electron chi connectivity index (χ1n) is 14.4. The molecule has 226 valence electrons. The minimum Gasteiger partial charge on any atom is -0.488 e. The van der Waals surface area contributed by atoms with Gasteiger partial charge in [0.1, 0.15) is 18.4 Å². The number of esters is 1. The first kappa shape index (κ1) is 30.1. The van der Waals surface area contributed by atoms with Gasteiger partial charge >= 0.3 is 18.1 Å². The number of aromatic nitrogens is 1. The largest absolute Gasteiger partial charge is 0.488 e. The van der Waals surface area contributed by atoms with Crippen LogP contribution >= 0.6 is 0 Å². The van der Waals surface area contributed by atoms with Crippen molar-refractivity contribution in [3.05, 3.63) is 115 Å². The van der Waals surface area contributed by atoms with Crippen molar-refractivity contribution in [2.45, 2.75) is 38.8 Å². The Morgan fingerprint density at radius 3 is 2.48 bits per heavy atom. The minimum atomic E-state index is -0.612. The number of para-hydroxylation sites is 1. The molecule has 1 atom stereocenters. The molecule has 3 amide bonds. The molecule has 2 heterocycles. The number of ether oxygens (including phenoxy) is 3. The number of hydrogen-bond donors (Lipinski definition) is 2. The molecule has 5 rings (SSSR count). The summed E-state index contributed by atoms with van der Waals surface area (Å²) < 4.78 is 18.0. The molecule has 0 bridgehead atoms. The summed E-state index contributed by atoms with van der Waals surface area (Å²) in [7, 11) is 1.31. The van der Waals surface area contributed by atoms with Crippen molar-refractivity contribution >= 4 is 23.8 Å². The Hall–Kier alpha value is -5.38. The lowest BCUT2D eigenvalue weighted by Crippen LogP contribution is -2.44. The number of nitrogens with one attached hydrogen (secondary N) is 2. The van der Waals surface area contributed by atoms with E-state index in [4.69, 9.17) is 14.2 Å². The van der Waals surface area contributed by atoms with E-state index < -0.39 is 18.1 Å². The monoisotopic (exact) mass is 595 g/mol. The third-order valence-corrected chi connectivity index (χ3v) is 7.25. The first-order valence-corrected chi connectivity index (χ1v) is 14.4. The predicted octanol–water partition coefficient (Wildman–Crippen LogP) is 5.27. The van der Waals surface area contributed by atoms with Crippen LogP contribution in [0.2, 0.25) is 0 Å². The summed E-state index contributed by atoms with van der Waals surface area (Å²) in [6.07, 6.45) is 4.24. The van der Waals surface area contributed by atoms with Crippen LogP contribution in [-0.2, 0) is 34.2 Å². The number of carbonyl (C=O) groups excluding carboxylic acids is 3. The molecule has 44 heavy (non-hydrogen) atoms. The molecule has 0 saturated carbocycles. The van der Waals surface area contributed by atoms with Gasteiger partial charge in [0.2, 0.25) is 0 Å². The fourth-order valence-corrected chi connectivity index (χ4v) is 4.99. The third kappa shape index (κ3) is 7.91. The lowest BCUT2D eigenvalue weighted by molar-refractivity contribution is -0.727. The van der Waals surface area contributed by atoms with Gasteiger partial charge in [0, 0.05) is 29.4 Å². The lowest BCUT2D eigenvalue weighted by Gasteiger charge is -2.21. The number of benzene rings is 3. The summed E-state index contributed by atoms with van der Waals surface area (Å²) in [6.45, 7) is 1.08. The van der Waals surface area contributed by atoms with E-state index in [9.17, 15) is 14.4 Å². The molecule has 0 spiro atoms. The molecule has 3 aromatic carbocycles. The van der Waals surface area contributed by atoms with E-state index in [0.717, 1.165) is 28.0 Å². The third-order valence-electron chi connectivity index (χ3n) is 7.25. The van der Waals surface area contributed by atoms with Gasteiger partial charge in [-0.2, -0.15) is 4.57 Å². The van der Waals surface area contributed by atoms with Crippen LogP contribution in [0.5, 0.6) is 5.75 Å². The molecule has 0 aliphatic carbocycles. The molecule has 10 nitrogen and oxygen atoms in total. The van der Waals surface area contributed by atoms with Crippen LogP contribution in [0.15, 0.2) is 103 Å². The van der Waals surface area contributed by atoms with Gasteiger partial charge in [0.05, 0.1) is 13.7 Å². The Kier molecular flexibility index (Phi) is 10.0. The Morgan fingerprint density at radius 1 is 0.909 bits per heavy atom. The number of anilines is 1. The highest BCUT2D eigenvalue weighted by molar-refractivity contribution is 5.89. The van der Waals surface area contributed by atoms with E-state index in [1.165, 1.54) is 12.0 Å². The van der Waals surface area contributed by atoms with Gasteiger partial charge in [-0.3, -0.25) is 4.90 Å². The summed E-state index contributed by atoms with van der Waals surface area (Å²) in [5.41, 5.74) is 4.56. The minimum absolute atomic E-state index is 0.0306. The van der Waals surface area contributed by atoms with Gasteiger partial charge < -0.3 is 24.8 Å². The molecule has 1 saturated heterocycles. The van der Waals surface area contributed by atoms with Crippen molar-refractivity contribution in [2.24, 2.45) is 0 Å². The quantitative estimate of drug-likeness (QED) is 0.191. The first-order chi connectivity index (χ1) is 21.5. The number of rotatable bonds is 10. The van der Waals surface area contributed by atoms with Gasteiger partial charge in [-0.25, -0.2) is 14.4 Å². The average Bonchev–Trinajstić information content (AvgIpc) is 3.57. The Bertz CT molecular complexity index is 1580. The van der Waals surface area contributed by atoms with E-state index in [1.807, 2.05) is 72.8 Å². The Morgan fingerprint density at radius 2 is 1.68 bits per heavy atom. The molecule has 0 radical (unpaired) electrons. The van der Waals surface area contributed by atoms with E-state index in [2.05, 4.69) is 22.8 Å². The summed E-state index contributed by atoms with van der Waals surface area (Å²) in [4.78, 5) is 38.4. The lowest BCUT2D eigenvalue weighted by atomic mass is 10.0. The van der Waals surface area contributed by atoms with Crippen molar-refractivity contribution < 1.29 is 33.2 Å². The maximum absolute atomic E-state index is 12.5. The number of pyridine rings is 1. The highest BCUT2D eigenvalue weighted by atomic mass is 16.6. The van der Waals surface area contributed by atoms with E-state index in [0.29, 0.717) is 31.7 Å². The summed E-state index contributed by atoms with van der Waals surface area (Å²) in [6, 6.07) is 28.2. The number of likely N-dealkylation sites (tertiary alicyclic amines) is 1. The second-order valence-electron chi connectivity index (χ2n) is 10.3. The average molecular weight is 596 g/mol. The van der Waals surface area contributed by atoms with Crippen molar-refractivity contribution in [1.29, 1.82) is 0 Å². The molecule has 1 aliphatic heterocycles. The number of urea groups is 1. The topological polar surface area (TPSA) is 110 Å². The second kappa shape index (κ2) is 14.7. The Labute approximate surface area is 256 Å². The fourth-order valence-electron chi connectivity index (χ4n) is 4.99. The number of carbonyl (C=O) groups is 3. The van der Waals surface area contributed by atoms with Crippen LogP contribution in [0.25, 0.3) is 11.1 Å². The molecule has 0 unspecified atom stereocenters. The second-order valence-corrected chi connectivity index (χ2v) is 10.3. The van der Waals surface area contributed by atoms with Crippen LogP contribution in [0.4, 0.5) is 15.3 Å². The van der Waals surface area contributed by atoms with Gasteiger partial charge in [0.25, 0.3) is 6.73 Å². The van der Waals surface area contributed by atoms with Gasteiger partial charge in [0.15, 0.2) is 12.4 Å². The van der Waals surface area contributed by atoms with Crippen LogP contribution < -0.4 is 19.9 Å². The zero-order chi connectivity index (χ0) is 30.7. The molecule has 1 aliphatic rings. The van der Waals surface area contributed by atoms with Crippen LogP contribution in [0.1, 0.15) is 24.0 Å². The van der Waals surface area contributed by atoms with Crippen molar-refractivity contribution in [3.8, 4) is 16.9 Å². The summed E-state index contributed by atoms with van der Waals surface area (Å²) >= 11 is 0. The SMILES string of the molecule is COC(=O)[C@@H]1CCCN1C(=O)OC[n+]1cccc(CNC(=O)Nc2ccc(COc3ccccc3-c3ccccc3)cc2)c1. The zero-order valence-corrected chi connectivity index (χ0v) is 24.5. The maximum atomic E-state index is 12.5. The molecule has 1 aromatic heterocycles. The highest BCUT2D eigenvalue weighted by Crippen LogP contribution is 2.30. The standard InChI is InChI=1S/C34H34N4O6/c1-42-32(39)30-13-8-20-38(30)34(41)44-24-37-19-7-9-26(22-37)21-35-33(40)36-28-17-15-25(16-18-28)23-43-31-14-6-5-12-29(31)27-10-3-2-4-11-27/h2-7,9-12,14-19,22,30H,8,13,20-21,23-24H2,1H3,(H-,35,36,40)/p+1/t30-/m0/s1. The van der Waals surface area contributed by atoms with E-state index in [-0.39, 0.29) is 19.3 Å². The Balaban J connectivity index is 1.07. The van der Waals surface area contributed by atoms with Crippen LogP contribution in [0, 0.1) is 0 Å². The summed E-state index contributed by atoms with van der Waals surface area (Å²) in [5.74, 6) is 0.364. The molecule has 1 fully saturated rings. The van der Waals surface area contributed by atoms with Crippen molar-refractivity contribution in [3.63, 3.8) is 0 Å². The smallest absolute Gasteiger partial charge is 0.415 e. The van der Waals surface area contributed by atoms with E-state index >= 15 is 0 Å². The highest BCUT2D eigenvalue weighted by Gasteiger charge is 2.36. The fraction of sp³-hybridized carbons (Fsp3) is 0.235. The molecule has 10 heteroatoms. The zero-order valence-electron chi connectivity index (χ0n) is 24.5. The molecule has 4 aromatic rings. The maximum Gasteiger partial charge on any atom is 0.415 e. The number of nitrogens with zero attached hydrogens (tertiary/aromatic N) is 2. The normalized spacial score (nSPS) is 14.0. The number of hydrogen-bond acceptors (Lipinski definition) is 6. The van der Waals surface area contributed by atoms with Crippen molar-refractivity contribution in [1.82, 2.24) is 10.2 Å². The van der Waals surface area contributed by atoms with E-state index in [1.54, 1.807) is 23.0 Å². The molecular weight excluding hydrogens is 560 g/mol. The van der Waals surface area contributed by atoms with Crippen LogP contribution in [-0.4, -0.2) is 42.7 Å². The van der Waals surface area contributed by atoms with Gasteiger partial charge in [-0.1, -0.05) is 60.7 Å². The van der Waals surface area contributed by atoms with Crippen molar-refractivity contribution in [2.75, 3.05) is 19.0 Å². The number of amides is 3. The summed E-state index contributed by atoms with van der Waals surface area (Å²) in [5, 5.41) is 5.67. The van der Waals surface area contributed by atoms with Gasteiger partial charge in [-0.15, -0.1) is 0 Å². The van der Waals surface area contributed by atoms with Crippen LogP contribution in [0.3, 0.4) is 0 Å². The van der Waals surface area contributed by atoms with Gasteiger partial charge in [-0.05, 0) is 48.2 Å². The predicted molar refractivity (Wildman–Crippen MR) is 163 cm³/mol.